The van der Waals surface area contributed by atoms with Crippen molar-refractivity contribution in [2.75, 3.05) is 0 Å². The standard InChI is InChI=1S/C6H10.CH2O3.Na/c1-3-5-6-4-2;2-1(3)4;/h3,5-6H,1,4H2,2H3;(H2,2,3,4);/q;;+1/p-1. The van der Waals surface area contributed by atoms with E-state index in [2.05, 4.69) is 19.6 Å². The Hall–Kier alpha value is -0.250. The molecule has 0 fully saturated rings. The van der Waals surface area contributed by atoms with Gasteiger partial charge in [0.15, 0.2) is 0 Å². The maximum Gasteiger partial charge on any atom is 1.00 e. The molecule has 3 nitrogen and oxygen atoms in total. The Morgan fingerprint density at radius 2 is 2.09 bits per heavy atom. The van der Waals surface area contributed by atoms with Gasteiger partial charge in [0.25, 0.3) is 0 Å². The fraction of sp³-hybridized carbons (Fsp3) is 0.286. The van der Waals surface area contributed by atoms with Crippen molar-refractivity contribution in [2.24, 2.45) is 0 Å². The van der Waals surface area contributed by atoms with Gasteiger partial charge in [-0.15, -0.1) is 0 Å². The summed E-state index contributed by atoms with van der Waals surface area (Å²) in [6.45, 7) is 5.61. The number of allylic oxidation sites excluding steroid dienone is 3. The van der Waals surface area contributed by atoms with Crippen molar-refractivity contribution in [1.29, 1.82) is 0 Å². The maximum atomic E-state index is 8.44. The molecule has 0 aliphatic rings. The molecule has 4 heteroatoms. The molecule has 0 heterocycles. The van der Waals surface area contributed by atoms with Crippen molar-refractivity contribution < 1.29 is 44.6 Å². The summed E-state index contributed by atoms with van der Waals surface area (Å²) in [7, 11) is 0. The second-order valence-corrected chi connectivity index (χ2v) is 1.34. The van der Waals surface area contributed by atoms with E-state index in [4.69, 9.17) is 15.0 Å². The summed E-state index contributed by atoms with van der Waals surface area (Å²) in [4.78, 5) is 8.44. The van der Waals surface area contributed by atoms with E-state index in [1.54, 1.807) is 6.08 Å². The van der Waals surface area contributed by atoms with Gasteiger partial charge < -0.3 is 15.0 Å². The van der Waals surface area contributed by atoms with Crippen LogP contribution in [0.15, 0.2) is 24.8 Å². The van der Waals surface area contributed by atoms with Gasteiger partial charge in [0.1, 0.15) is 0 Å². The van der Waals surface area contributed by atoms with Crippen LogP contribution in [0.2, 0.25) is 0 Å². The van der Waals surface area contributed by atoms with Gasteiger partial charge in [-0.25, -0.2) is 0 Å². The first kappa shape index (κ1) is 17.0. The molecular formula is C7H11NaO3. The summed E-state index contributed by atoms with van der Waals surface area (Å²) in [5.41, 5.74) is 0. The van der Waals surface area contributed by atoms with Gasteiger partial charge in [-0.05, 0) is 6.42 Å². The Morgan fingerprint density at radius 1 is 1.73 bits per heavy atom. The van der Waals surface area contributed by atoms with E-state index in [0.717, 1.165) is 6.42 Å². The first-order valence-corrected chi connectivity index (χ1v) is 2.82. The normalized spacial score (nSPS) is 7.36. The molecule has 0 aliphatic heterocycles. The van der Waals surface area contributed by atoms with Crippen molar-refractivity contribution in [3.05, 3.63) is 24.8 Å². The van der Waals surface area contributed by atoms with Gasteiger partial charge in [-0.3, -0.25) is 0 Å². The zero-order valence-electron chi connectivity index (χ0n) is 6.91. The van der Waals surface area contributed by atoms with E-state index in [-0.39, 0.29) is 29.6 Å². The molecule has 0 radical (unpaired) electrons. The van der Waals surface area contributed by atoms with Crippen LogP contribution in [-0.2, 0) is 0 Å². The molecule has 1 N–H and O–H groups in total. The molecule has 0 aliphatic carbocycles. The van der Waals surface area contributed by atoms with Gasteiger partial charge >= 0.3 is 29.6 Å². The predicted octanol–water partition coefficient (Wildman–Crippen LogP) is -1.97. The zero-order chi connectivity index (χ0) is 8.41. The first-order chi connectivity index (χ1) is 4.65. The summed E-state index contributed by atoms with van der Waals surface area (Å²) >= 11 is 0. The third kappa shape index (κ3) is 77.4. The smallest absolute Gasteiger partial charge is 0.565 e. The van der Waals surface area contributed by atoms with E-state index in [1.807, 2.05) is 6.08 Å². The Labute approximate surface area is 88.7 Å². The fourth-order valence-corrected chi connectivity index (χ4v) is 0.232. The topological polar surface area (TPSA) is 60.4 Å². The van der Waals surface area contributed by atoms with Crippen LogP contribution in [0.5, 0.6) is 0 Å². The van der Waals surface area contributed by atoms with Crippen molar-refractivity contribution in [3.8, 4) is 0 Å². The number of hydrogen-bond acceptors (Lipinski definition) is 2. The van der Waals surface area contributed by atoms with Crippen molar-refractivity contribution in [3.63, 3.8) is 0 Å². The van der Waals surface area contributed by atoms with Crippen molar-refractivity contribution in [2.45, 2.75) is 13.3 Å². The minimum atomic E-state index is -2.08. The molecule has 0 aromatic carbocycles. The van der Waals surface area contributed by atoms with E-state index in [0.29, 0.717) is 0 Å². The number of carboxylic acid groups (broad SMARTS) is 2. The SMILES string of the molecule is C=CC=CCC.O=C([O-])O.[Na+]. The van der Waals surface area contributed by atoms with Gasteiger partial charge in [-0.1, -0.05) is 31.7 Å². The predicted molar refractivity (Wildman–Crippen MR) is 37.7 cm³/mol. The molecule has 0 atom stereocenters. The van der Waals surface area contributed by atoms with Crippen LogP contribution >= 0.6 is 0 Å². The summed E-state index contributed by atoms with van der Waals surface area (Å²) in [6.07, 6.45) is 4.81. The second-order valence-electron chi connectivity index (χ2n) is 1.34. The third-order valence-corrected chi connectivity index (χ3v) is 0.508. The summed E-state index contributed by atoms with van der Waals surface area (Å²) in [5, 5.41) is 15.3. The number of hydrogen-bond donors (Lipinski definition) is 1. The second kappa shape index (κ2) is 16.4. The Kier molecular flexibility index (Phi) is 25.3. The zero-order valence-corrected chi connectivity index (χ0v) is 8.91. The molecule has 58 valence electrons. The summed E-state index contributed by atoms with van der Waals surface area (Å²) in [6, 6.07) is 0. The van der Waals surface area contributed by atoms with Crippen molar-refractivity contribution in [1.82, 2.24) is 0 Å². The average molecular weight is 166 g/mol. The van der Waals surface area contributed by atoms with Crippen LogP contribution in [0.3, 0.4) is 0 Å². The van der Waals surface area contributed by atoms with E-state index >= 15 is 0 Å². The van der Waals surface area contributed by atoms with Gasteiger partial charge in [0.2, 0.25) is 6.16 Å². The Balaban J connectivity index is -0.000000114. The minimum Gasteiger partial charge on any atom is -0.565 e. The minimum absolute atomic E-state index is 0. The molecule has 0 aromatic rings. The third-order valence-electron chi connectivity index (χ3n) is 0.508. The Morgan fingerprint density at radius 3 is 2.18 bits per heavy atom. The number of carbonyl (C=O) groups is 1. The average Bonchev–Trinajstić information content (AvgIpc) is 1.82. The van der Waals surface area contributed by atoms with Gasteiger partial charge in [0.05, 0.1) is 0 Å². The van der Waals surface area contributed by atoms with Crippen LogP contribution in [-0.4, -0.2) is 11.3 Å². The van der Waals surface area contributed by atoms with Crippen molar-refractivity contribution >= 4 is 6.16 Å². The molecule has 0 saturated carbocycles. The quantitative estimate of drug-likeness (QED) is 0.382. The van der Waals surface area contributed by atoms with E-state index < -0.39 is 6.16 Å². The van der Waals surface area contributed by atoms with E-state index in [1.165, 1.54) is 0 Å². The number of rotatable bonds is 2. The largest absolute Gasteiger partial charge is 1.00 e. The van der Waals surface area contributed by atoms with Crippen LogP contribution in [0.25, 0.3) is 0 Å². The molecule has 0 unspecified atom stereocenters. The molecular weight excluding hydrogens is 155 g/mol. The molecule has 0 spiro atoms. The van der Waals surface area contributed by atoms with Crippen LogP contribution in [0.4, 0.5) is 4.79 Å². The molecule has 0 saturated heterocycles. The molecule has 0 rings (SSSR count). The van der Waals surface area contributed by atoms with E-state index in [9.17, 15) is 0 Å². The summed E-state index contributed by atoms with van der Waals surface area (Å²) in [5.74, 6) is 0. The maximum absolute atomic E-state index is 8.44. The molecule has 0 amide bonds. The molecule has 11 heavy (non-hydrogen) atoms. The van der Waals surface area contributed by atoms with Crippen LogP contribution in [0.1, 0.15) is 13.3 Å². The van der Waals surface area contributed by atoms with Gasteiger partial charge in [-0.2, -0.15) is 0 Å². The monoisotopic (exact) mass is 166 g/mol. The van der Waals surface area contributed by atoms with Crippen LogP contribution < -0.4 is 34.7 Å². The Bertz CT molecular complexity index is 117. The van der Waals surface area contributed by atoms with Crippen LogP contribution in [0, 0.1) is 0 Å². The fourth-order valence-electron chi connectivity index (χ4n) is 0.232. The summed E-state index contributed by atoms with van der Waals surface area (Å²) < 4.78 is 0. The molecule has 0 bridgehead atoms. The first-order valence-electron chi connectivity index (χ1n) is 2.82. The molecule has 0 aromatic heterocycles. The van der Waals surface area contributed by atoms with Gasteiger partial charge in [0, 0.05) is 0 Å².